The molecule has 2 N–H and O–H groups in total. The van der Waals surface area contributed by atoms with Gasteiger partial charge in [-0.25, -0.2) is 4.98 Å². The van der Waals surface area contributed by atoms with Crippen molar-refractivity contribution in [2.75, 3.05) is 5.32 Å². The predicted molar refractivity (Wildman–Crippen MR) is 97.3 cm³/mol. The first-order valence-electron chi connectivity index (χ1n) is 8.05. The van der Waals surface area contributed by atoms with Gasteiger partial charge in [-0.2, -0.15) is 0 Å². The molecule has 0 amide bonds. The van der Waals surface area contributed by atoms with Crippen LogP contribution >= 0.6 is 0 Å². The maximum Gasteiger partial charge on any atom is 0.256 e. The smallest absolute Gasteiger partial charge is 0.256 e. The van der Waals surface area contributed by atoms with E-state index in [0.29, 0.717) is 24.5 Å². The van der Waals surface area contributed by atoms with Crippen LogP contribution in [0.3, 0.4) is 0 Å². The van der Waals surface area contributed by atoms with Crippen molar-refractivity contribution in [3.63, 3.8) is 0 Å². The largest absolute Gasteiger partial charge is 0.352 e. The van der Waals surface area contributed by atoms with Gasteiger partial charge in [0.25, 0.3) is 5.56 Å². The maximum absolute atomic E-state index is 12.4. The van der Waals surface area contributed by atoms with Gasteiger partial charge in [0.15, 0.2) is 0 Å². The zero-order valence-electron chi connectivity index (χ0n) is 14.0. The van der Waals surface area contributed by atoms with Gasteiger partial charge in [-0.15, -0.1) is 0 Å². The van der Waals surface area contributed by atoms with Gasteiger partial charge < -0.3 is 5.32 Å². The minimum Gasteiger partial charge on any atom is -0.352 e. The summed E-state index contributed by atoms with van der Waals surface area (Å²) < 4.78 is 0. The average molecular weight is 319 g/mol. The third-order valence-corrected chi connectivity index (χ3v) is 4.03. The number of hydrogen-bond donors (Lipinski definition) is 2. The predicted octanol–water partition coefficient (Wildman–Crippen LogP) is 3.59. The molecule has 2 aromatic carbocycles. The fourth-order valence-electron chi connectivity index (χ4n) is 2.59. The lowest BCUT2D eigenvalue weighted by molar-refractivity contribution is 0.957. The number of H-pyrrole nitrogens is 1. The Kier molecular flexibility index (Phi) is 4.75. The van der Waals surface area contributed by atoms with Crippen LogP contribution in [-0.4, -0.2) is 9.97 Å². The van der Waals surface area contributed by atoms with Crippen LogP contribution in [-0.2, 0) is 13.0 Å². The van der Waals surface area contributed by atoms with E-state index >= 15 is 0 Å². The summed E-state index contributed by atoms with van der Waals surface area (Å²) in [5, 5.41) is 3.19. The second kappa shape index (κ2) is 7.13. The van der Waals surface area contributed by atoms with Crippen molar-refractivity contribution in [2.45, 2.75) is 26.8 Å². The van der Waals surface area contributed by atoms with Gasteiger partial charge in [0, 0.05) is 18.5 Å². The van der Waals surface area contributed by atoms with Gasteiger partial charge in [-0.05, 0) is 25.0 Å². The van der Waals surface area contributed by atoms with E-state index in [-0.39, 0.29) is 5.56 Å². The highest BCUT2D eigenvalue weighted by molar-refractivity contribution is 5.34. The molecule has 0 saturated carbocycles. The summed E-state index contributed by atoms with van der Waals surface area (Å²) in [6.45, 7) is 4.57. The summed E-state index contributed by atoms with van der Waals surface area (Å²) >= 11 is 0. The van der Waals surface area contributed by atoms with Gasteiger partial charge in [0.05, 0.1) is 5.69 Å². The second-order valence-corrected chi connectivity index (χ2v) is 5.98. The molecule has 1 aromatic heterocycles. The van der Waals surface area contributed by atoms with E-state index in [9.17, 15) is 4.79 Å². The van der Waals surface area contributed by atoms with Crippen molar-refractivity contribution < 1.29 is 0 Å². The molecule has 0 saturated heterocycles. The van der Waals surface area contributed by atoms with E-state index in [4.69, 9.17) is 0 Å². The molecule has 4 heteroatoms. The van der Waals surface area contributed by atoms with E-state index < -0.39 is 0 Å². The zero-order valence-corrected chi connectivity index (χ0v) is 14.0. The summed E-state index contributed by atoms with van der Waals surface area (Å²) in [7, 11) is 0. The van der Waals surface area contributed by atoms with E-state index in [1.165, 1.54) is 5.56 Å². The van der Waals surface area contributed by atoms with Gasteiger partial charge in [-0.3, -0.25) is 9.78 Å². The second-order valence-electron chi connectivity index (χ2n) is 5.98. The highest BCUT2D eigenvalue weighted by Crippen LogP contribution is 2.10. The van der Waals surface area contributed by atoms with Crippen LogP contribution in [0.1, 0.15) is 27.9 Å². The number of nitrogens with one attached hydrogen (secondary N) is 2. The lowest BCUT2D eigenvalue weighted by Crippen LogP contribution is -2.19. The van der Waals surface area contributed by atoms with Crippen molar-refractivity contribution in [1.82, 2.24) is 9.97 Å². The van der Waals surface area contributed by atoms with Crippen molar-refractivity contribution in [2.24, 2.45) is 0 Å². The Hall–Kier alpha value is -2.88. The third kappa shape index (κ3) is 3.90. The molecule has 122 valence electrons. The summed E-state index contributed by atoms with van der Waals surface area (Å²) in [5.74, 6) is 0.509. The number of anilines is 1. The lowest BCUT2D eigenvalue weighted by atomic mass is 10.1. The molecule has 0 aliphatic heterocycles. The molecule has 1 heterocycles. The molecule has 0 unspecified atom stereocenters. The van der Waals surface area contributed by atoms with Gasteiger partial charge in [0.2, 0.25) is 5.95 Å². The summed E-state index contributed by atoms with van der Waals surface area (Å²) in [6, 6.07) is 18.2. The van der Waals surface area contributed by atoms with Gasteiger partial charge in [-0.1, -0.05) is 60.2 Å². The normalized spacial score (nSPS) is 10.6. The summed E-state index contributed by atoms with van der Waals surface area (Å²) in [6.07, 6.45) is 0.591. The first kappa shape index (κ1) is 16.0. The number of hydrogen-bond acceptors (Lipinski definition) is 3. The number of rotatable bonds is 5. The molecular formula is C20H21N3O. The molecular weight excluding hydrogens is 298 g/mol. The minimum absolute atomic E-state index is 0.0854. The fourth-order valence-corrected chi connectivity index (χ4v) is 2.59. The Morgan fingerprint density at radius 3 is 2.33 bits per heavy atom. The highest BCUT2D eigenvalue weighted by Gasteiger charge is 2.09. The fraction of sp³-hybridized carbons (Fsp3) is 0.200. The van der Waals surface area contributed by atoms with Crippen LogP contribution in [0.4, 0.5) is 5.95 Å². The van der Waals surface area contributed by atoms with Gasteiger partial charge >= 0.3 is 0 Å². The SMILES string of the molecule is Cc1ccc(CNc2nc(C)c(Cc3ccccc3)c(=O)[nH]2)cc1. The Balaban J connectivity index is 1.74. The molecule has 4 nitrogen and oxygen atoms in total. The quantitative estimate of drug-likeness (QED) is 0.755. The molecule has 3 rings (SSSR count). The van der Waals surface area contributed by atoms with Crippen LogP contribution in [0.25, 0.3) is 0 Å². The first-order chi connectivity index (χ1) is 11.6. The molecule has 0 radical (unpaired) electrons. The van der Waals surface area contributed by atoms with Crippen LogP contribution in [0.5, 0.6) is 0 Å². The molecule has 0 aliphatic rings. The minimum atomic E-state index is -0.0854. The van der Waals surface area contributed by atoms with Crippen molar-refractivity contribution in [3.8, 4) is 0 Å². The maximum atomic E-state index is 12.4. The summed E-state index contributed by atoms with van der Waals surface area (Å²) in [4.78, 5) is 19.7. The average Bonchev–Trinajstić information content (AvgIpc) is 2.58. The monoisotopic (exact) mass is 319 g/mol. The van der Waals surface area contributed by atoms with Crippen LogP contribution in [0, 0.1) is 13.8 Å². The zero-order chi connectivity index (χ0) is 16.9. The number of aromatic amines is 1. The van der Waals surface area contributed by atoms with Crippen molar-refractivity contribution in [1.29, 1.82) is 0 Å². The van der Waals surface area contributed by atoms with E-state index in [2.05, 4.69) is 46.5 Å². The van der Waals surface area contributed by atoms with Crippen LogP contribution in [0.15, 0.2) is 59.4 Å². The molecule has 24 heavy (non-hydrogen) atoms. The number of aromatic nitrogens is 2. The lowest BCUT2D eigenvalue weighted by Gasteiger charge is -2.09. The van der Waals surface area contributed by atoms with Crippen molar-refractivity contribution >= 4 is 5.95 Å². The number of aryl methyl sites for hydroxylation is 2. The van der Waals surface area contributed by atoms with Crippen molar-refractivity contribution in [3.05, 3.63) is 92.9 Å². The van der Waals surface area contributed by atoms with E-state index in [0.717, 1.165) is 16.8 Å². The molecule has 0 spiro atoms. The Labute approximate surface area is 141 Å². The standard InChI is InChI=1S/C20H21N3O/c1-14-8-10-17(11-9-14)13-21-20-22-15(2)18(19(24)23-20)12-16-6-4-3-5-7-16/h3-11H,12-13H2,1-2H3,(H2,21,22,23,24). The van der Waals surface area contributed by atoms with Crippen LogP contribution < -0.4 is 10.9 Å². The first-order valence-corrected chi connectivity index (χ1v) is 8.05. The van der Waals surface area contributed by atoms with Gasteiger partial charge in [0.1, 0.15) is 0 Å². The molecule has 0 aliphatic carbocycles. The third-order valence-electron chi connectivity index (χ3n) is 4.03. The number of nitrogens with zero attached hydrogens (tertiary/aromatic N) is 1. The highest BCUT2D eigenvalue weighted by atomic mass is 16.1. The molecule has 3 aromatic rings. The topological polar surface area (TPSA) is 57.8 Å². The summed E-state index contributed by atoms with van der Waals surface area (Å²) in [5.41, 5.74) is 4.86. The molecule has 0 atom stereocenters. The van der Waals surface area contributed by atoms with E-state index in [1.54, 1.807) is 0 Å². The van der Waals surface area contributed by atoms with Crippen LogP contribution in [0.2, 0.25) is 0 Å². The van der Waals surface area contributed by atoms with E-state index in [1.807, 2.05) is 37.3 Å². The Morgan fingerprint density at radius 2 is 1.67 bits per heavy atom. The molecule has 0 bridgehead atoms. The Bertz CT molecular complexity index is 868. The Morgan fingerprint density at radius 1 is 0.958 bits per heavy atom. The number of benzene rings is 2. The molecule has 0 fully saturated rings.